The number of benzene rings is 2. The molecule has 2 aromatic rings. The first-order valence-electron chi connectivity index (χ1n) is 13.0. The van der Waals surface area contributed by atoms with Crippen LogP contribution in [-0.2, 0) is 21.2 Å². The third kappa shape index (κ3) is 5.44. The summed E-state index contributed by atoms with van der Waals surface area (Å²) in [7, 11) is -3.85. The van der Waals surface area contributed by atoms with Crippen molar-refractivity contribution < 1.29 is 17.5 Å². The van der Waals surface area contributed by atoms with Gasteiger partial charge in [-0.1, -0.05) is 42.5 Å². The lowest BCUT2D eigenvalue weighted by Gasteiger charge is -2.37. The normalized spacial score (nSPS) is 25.0. The van der Waals surface area contributed by atoms with Gasteiger partial charge in [-0.2, -0.15) is 0 Å². The predicted molar refractivity (Wildman–Crippen MR) is 140 cm³/mol. The van der Waals surface area contributed by atoms with Crippen molar-refractivity contribution in [1.82, 2.24) is 10.2 Å². The topological polar surface area (TPSA) is 71.0 Å². The summed E-state index contributed by atoms with van der Waals surface area (Å²) in [6.07, 6.45) is 5.40. The van der Waals surface area contributed by atoms with E-state index >= 15 is 0 Å². The molecule has 1 N–H and O–H groups in total. The molecule has 8 heteroatoms. The first kappa shape index (κ1) is 25.2. The fourth-order valence-electron chi connectivity index (χ4n) is 5.55. The highest BCUT2D eigenvalue weighted by Crippen LogP contribution is 2.35. The Hall–Kier alpha value is -2.45. The second-order valence-corrected chi connectivity index (χ2v) is 12.8. The Labute approximate surface area is 214 Å². The summed E-state index contributed by atoms with van der Waals surface area (Å²) in [5, 5.41) is 2.11. The van der Waals surface area contributed by atoms with Crippen LogP contribution >= 0.6 is 0 Å². The highest BCUT2D eigenvalue weighted by atomic mass is 32.2. The molecule has 2 aromatic carbocycles. The predicted octanol–water partition coefficient (Wildman–Crippen LogP) is 4.92. The van der Waals surface area contributed by atoms with Gasteiger partial charge in [-0.15, -0.1) is 4.40 Å². The van der Waals surface area contributed by atoms with Crippen molar-refractivity contribution >= 4 is 16.0 Å². The number of piperidine rings is 1. The third-order valence-corrected chi connectivity index (χ3v) is 9.76. The largest absolute Gasteiger partial charge is 0.457 e. The second kappa shape index (κ2) is 9.78. The zero-order valence-corrected chi connectivity index (χ0v) is 22.1. The van der Waals surface area contributed by atoms with E-state index in [1.165, 1.54) is 50.4 Å². The monoisotopic (exact) mass is 513 g/mol. The molecule has 2 aliphatic heterocycles. The maximum atomic E-state index is 14.2. The number of likely N-dealkylation sites (tertiary alicyclic amines) is 1. The number of hydrogen-bond donors (Lipinski definition) is 1. The van der Waals surface area contributed by atoms with Gasteiger partial charge in [0.1, 0.15) is 16.7 Å². The van der Waals surface area contributed by atoms with E-state index in [0.29, 0.717) is 17.9 Å². The average Bonchev–Trinajstić information content (AvgIpc) is 3.67. The van der Waals surface area contributed by atoms with Crippen LogP contribution in [0.5, 0.6) is 0 Å². The van der Waals surface area contributed by atoms with Crippen molar-refractivity contribution in [2.75, 3.05) is 13.1 Å². The number of rotatable bonds is 6. The molecule has 1 unspecified atom stereocenters. The van der Waals surface area contributed by atoms with Crippen LogP contribution in [0.1, 0.15) is 75.1 Å². The number of sulfonamides is 1. The average molecular weight is 514 g/mol. The fraction of sp³-hybridized carbons (Fsp3) is 0.536. The molecule has 0 radical (unpaired) electrons. The Balaban J connectivity index is 1.25. The summed E-state index contributed by atoms with van der Waals surface area (Å²) < 4.78 is 50.5. The van der Waals surface area contributed by atoms with Crippen LogP contribution in [-0.4, -0.2) is 49.3 Å². The molecule has 0 amide bonds. The van der Waals surface area contributed by atoms with Crippen LogP contribution in [0.3, 0.4) is 0 Å². The smallest absolute Gasteiger partial charge is 0.301 e. The second-order valence-electron chi connectivity index (χ2n) is 11.0. The summed E-state index contributed by atoms with van der Waals surface area (Å²) in [4.78, 5) is 2.63. The van der Waals surface area contributed by atoms with Gasteiger partial charge in [0.15, 0.2) is 0 Å². The maximum Gasteiger partial charge on any atom is 0.301 e. The Morgan fingerprint density at radius 2 is 1.75 bits per heavy atom. The minimum Gasteiger partial charge on any atom is -0.457 e. The van der Waals surface area contributed by atoms with Crippen LogP contribution in [0.4, 0.5) is 4.39 Å². The van der Waals surface area contributed by atoms with Crippen molar-refractivity contribution in [2.45, 2.75) is 81.7 Å². The summed E-state index contributed by atoms with van der Waals surface area (Å²) in [5.74, 6) is 0.202. The van der Waals surface area contributed by atoms with E-state index in [0.717, 1.165) is 11.6 Å². The molecule has 0 aromatic heterocycles. The van der Waals surface area contributed by atoms with Crippen molar-refractivity contribution in [2.24, 2.45) is 4.40 Å². The Morgan fingerprint density at radius 3 is 2.36 bits per heavy atom. The van der Waals surface area contributed by atoms with Crippen LogP contribution in [0, 0.1) is 5.82 Å². The molecular formula is C28H36FN3O3S. The van der Waals surface area contributed by atoms with Crippen molar-refractivity contribution in [3.63, 3.8) is 0 Å². The number of ether oxygens (including phenoxy) is 1. The van der Waals surface area contributed by atoms with Gasteiger partial charge in [-0.05, 0) is 89.1 Å². The molecule has 194 valence electrons. The molecule has 0 bridgehead atoms. The lowest BCUT2D eigenvalue weighted by atomic mass is 9.88. The number of nitrogens with zero attached hydrogens (tertiary/aromatic N) is 2. The number of amidine groups is 1. The van der Waals surface area contributed by atoms with E-state index in [-0.39, 0.29) is 11.8 Å². The molecule has 1 saturated heterocycles. The van der Waals surface area contributed by atoms with Gasteiger partial charge in [0, 0.05) is 11.6 Å². The van der Waals surface area contributed by atoms with Crippen molar-refractivity contribution in [3.8, 4) is 0 Å². The van der Waals surface area contributed by atoms with E-state index in [9.17, 15) is 12.8 Å². The molecule has 3 aliphatic rings. The minimum absolute atomic E-state index is 0.0973. The van der Waals surface area contributed by atoms with Crippen molar-refractivity contribution in [1.29, 1.82) is 0 Å². The van der Waals surface area contributed by atoms with Gasteiger partial charge in [-0.3, -0.25) is 0 Å². The number of halogens is 1. The molecular weight excluding hydrogens is 477 g/mol. The van der Waals surface area contributed by atoms with Crippen LogP contribution < -0.4 is 5.32 Å². The fourth-order valence-corrected chi connectivity index (χ4v) is 7.16. The molecule has 6 nitrogen and oxygen atoms in total. The molecule has 36 heavy (non-hydrogen) atoms. The molecule has 2 fully saturated rings. The Kier molecular flexibility index (Phi) is 6.85. The zero-order valence-electron chi connectivity index (χ0n) is 21.3. The summed E-state index contributed by atoms with van der Waals surface area (Å²) in [6, 6.07) is 15.0. The number of nitrogens with one attached hydrogen (secondary N) is 1. The molecule has 2 atom stereocenters. The van der Waals surface area contributed by atoms with Crippen LogP contribution in [0.25, 0.3) is 0 Å². The third-order valence-electron chi connectivity index (χ3n) is 7.88. The quantitative estimate of drug-likeness (QED) is 0.594. The zero-order chi connectivity index (χ0) is 25.5. The Bertz CT molecular complexity index is 1220. The molecule has 1 aliphatic carbocycles. The van der Waals surface area contributed by atoms with Gasteiger partial charge in [-0.25, -0.2) is 12.8 Å². The van der Waals surface area contributed by atoms with E-state index in [4.69, 9.17) is 4.74 Å². The Morgan fingerprint density at radius 1 is 1.08 bits per heavy atom. The van der Waals surface area contributed by atoms with Gasteiger partial charge < -0.3 is 15.0 Å². The minimum atomic E-state index is -3.85. The van der Waals surface area contributed by atoms with Gasteiger partial charge in [0.2, 0.25) is 0 Å². The summed E-state index contributed by atoms with van der Waals surface area (Å²) in [5.41, 5.74) is 1.69. The SMILES string of the molecule is C[C@H](NC1=NS(=O)(=O)C(Cc2ccc(C3CCN(C4CC4)CC3)cc2)C(C)(C)O1)c1ccccc1F. The van der Waals surface area contributed by atoms with Crippen LogP contribution in [0.2, 0.25) is 0 Å². The maximum absolute atomic E-state index is 14.2. The molecule has 0 spiro atoms. The van der Waals surface area contributed by atoms with Gasteiger partial charge in [0.25, 0.3) is 10.0 Å². The van der Waals surface area contributed by atoms with Crippen molar-refractivity contribution in [3.05, 3.63) is 71.0 Å². The first-order valence-corrected chi connectivity index (χ1v) is 14.5. The van der Waals surface area contributed by atoms with E-state index in [1.54, 1.807) is 39.0 Å². The van der Waals surface area contributed by atoms with Gasteiger partial charge in [0.05, 0.1) is 6.04 Å². The van der Waals surface area contributed by atoms with E-state index in [1.807, 2.05) is 12.1 Å². The summed E-state index contributed by atoms with van der Waals surface area (Å²) >= 11 is 0. The van der Waals surface area contributed by atoms with E-state index < -0.39 is 26.9 Å². The highest BCUT2D eigenvalue weighted by Gasteiger charge is 2.46. The first-order chi connectivity index (χ1) is 17.1. The number of hydrogen-bond acceptors (Lipinski definition) is 5. The standard InChI is InChI=1S/C28H36FN3O3S/c1-19(24-6-4-5-7-25(24)29)30-27-31-36(33,34)26(28(2,3)35-27)18-20-8-10-21(11-9-20)22-14-16-32(17-15-22)23-12-13-23/h4-11,19,22-23,26H,12-18H2,1-3H3,(H,30,31)/t19-,26?/m0/s1. The molecule has 1 saturated carbocycles. The molecule has 2 heterocycles. The van der Waals surface area contributed by atoms with E-state index in [2.05, 4.69) is 26.7 Å². The van der Waals surface area contributed by atoms with Crippen LogP contribution in [0.15, 0.2) is 52.9 Å². The molecule has 5 rings (SSSR count). The lowest BCUT2D eigenvalue weighted by Crippen LogP contribution is -2.52. The van der Waals surface area contributed by atoms with Gasteiger partial charge >= 0.3 is 6.02 Å². The lowest BCUT2D eigenvalue weighted by molar-refractivity contribution is 0.0769. The highest BCUT2D eigenvalue weighted by molar-refractivity contribution is 7.91. The summed E-state index contributed by atoms with van der Waals surface area (Å²) in [6.45, 7) is 7.62.